The van der Waals surface area contributed by atoms with Crippen molar-refractivity contribution in [1.29, 1.82) is 0 Å². The Labute approximate surface area is 130 Å². The molecule has 4 nitrogen and oxygen atoms in total. The molecule has 0 spiro atoms. The van der Waals surface area contributed by atoms with E-state index in [1.54, 1.807) is 0 Å². The van der Waals surface area contributed by atoms with Crippen molar-refractivity contribution in [1.82, 2.24) is 15.1 Å². The summed E-state index contributed by atoms with van der Waals surface area (Å²) in [5, 5.41) is 13.1. The minimum absolute atomic E-state index is 0.0960. The Morgan fingerprint density at radius 3 is 2.81 bits per heavy atom. The number of nitrogens with one attached hydrogen (secondary N) is 1. The Balaban J connectivity index is 1.71. The maximum Gasteiger partial charge on any atom is 0.0610 e. The van der Waals surface area contributed by atoms with Crippen LogP contribution < -0.4 is 5.32 Å². The summed E-state index contributed by atoms with van der Waals surface area (Å²) in [6.45, 7) is 11.9. The standard InChI is InChI=1S/C17H35N3O/c1-3-9-18-17(2,15-21)8-5-10-19-11-6-13-20-12-4-7-16(20)14-19/h16,18,21H,3-15H2,1-2H3. The summed E-state index contributed by atoms with van der Waals surface area (Å²) in [5.41, 5.74) is -0.0960. The van der Waals surface area contributed by atoms with Crippen molar-refractivity contribution in [3.8, 4) is 0 Å². The lowest BCUT2D eigenvalue weighted by Gasteiger charge is -2.31. The molecule has 0 aromatic carbocycles. The Kier molecular flexibility index (Phi) is 6.93. The molecule has 0 amide bonds. The van der Waals surface area contributed by atoms with E-state index in [-0.39, 0.29) is 12.1 Å². The zero-order chi connectivity index (χ0) is 15.1. The van der Waals surface area contributed by atoms with Crippen molar-refractivity contribution in [3.63, 3.8) is 0 Å². The van der Waals surface area contributed by atoms with E-state index in [4.69, 9.17) is 0 Å². The van der Waals surface area contributed by atoms with E-state index < -0.39 is 0 Å². The topological polar surface area (TPSA) is 38.7 Å². The molecule has 2 atom stereocenters. The minimum atomic E-state index is -0.0960. The van der Waals surface area contributed by atoms with Gasteiger partial charge < -0.3 is 15.3 Å². The molecule has 4 heteroatoms. The van der Waals surface area contributed by atoms with E-state index in [0.717, 1.165) is 25.4 Å². The molecule has 2 saturated heterocycles. The summed E-state index contributed by atoms with van der Waals surface area (Å²) in [6.07, 6.45) is 7.47. The summed E-state index contributed by atoms with van der Waals surface area (Å²) in [6, 6.07) is 0.815. The molecule has 0 saturated carbocycles. The fraction of sp³-hybridized carbons (Fsp3) is 1.00. The van der Waals surface area contributed by atoms with Crippen LogP contribution in [0.25, 0.3) is 0 Å². The van der Waals surface area contributed by atoms with Gasteiger partial charge >= 0.3 is 0 Å². The molecule has 124 valence electrons. The third-order valence-corrected chi connectivity index (χ3v) is 5.24. The number of hydrogen-bond donors (Lipinski definition) is 2. The molecular formula is C17H35N3O. The van der Waals surface area contributed by atoms with Crippen LogP contribution in [0.1, 0.15) is 52.4 Å². The summed E-state index contributed by atoms with van der Waals surface area (Å²) < 4.78 is 0. The highest BCUT2D eigenvalue weighted by molar-refractivity contribution is 4.86. The third-order valence-electron chi connectivity index (χ3n) is 5.24. The zero-order valence-corrected chi connectivity index (χ0v) is 14.1. The zero-order valence-electron chi connectivity index (χ0n) is 14.1. The Morgan fingerprint density at radius 1 is 1.24 bits per heavy atom. The van der Waals surface area contributed by atoms with Gasteiger partial charge in [-0.3, -0.25) is 4.90 Å². The van der Waals surface area contributed by atoms with Crippen molar-refractivity contribution in [3.05, 3.63) is 0 Å². The molecule has 2 heterocycles. The van der Waals surface area contributed by atoms with Gasteiger partial charge in [0.05, 0.1) is 6.61 Å². The molecule has 0 aromatic heterocycles. The average molecular weight is 297 g/mol. The smallest absolute Gasteiger partial charge is 0.0610 e. The molecule has 2 rings (SSSR count). The Bertz CT molecular complexity index is 300. The highest BCUT2D eigenvalue weighted by Crippen LogP contribution is 2.22. The number of hydrogen-bond acceptors (Lipinski definition) is 4. The van der Waals surface area contributed by atoms with Crippen molar-refractivity contribution in [2.45, 2.75) is 64.0 Å². The van der Waals surface area contributed by atoms with Gasteiger partial charge in [0, 0.05) is 18.1 Å². The maximum absolute atomic E-state index is 9.63. The van der Waals surface area contributed by atoms with Gasteiger partial charge in [-0.15, -0.1) is 0 Å². The lowest BCUT2D eigenvalue weighted by atomic mass is 9.96. The van der Waals surface area contributed by atoms with Crippen LogP contribution in [0, 0.1) is 0 Å². The minimum Gasteiger partial charge on any atom is -0.394 e. The predicted octanol–water partition coefficient (Wildman–Crippen LogP) is 1.69. The second-order valence-corrected chi connectivity index (χ2v) is 7.24. The molecule has 2 fully saturated rings. The van der Waals surface area contributed by atoms with Gasteiger partial charge in [0.2, 0.25) is 0 Å². The van der Waals surface area contributed by atoms with Crippen LogP contribution in [0.5, 0.6) is 0 Å². The summed E-state index contributed by atoms with van der Waals surface area (Å²) in [5.74, 6) is 0. The Morgan fingerprint density at radius 2 is 2.05 bits per heavy atom. The van der Waals surface area contributed by atoms with Crippen molar-refractivity contribution in [2.75, 3.05) is 45.9 Å². The molecule has 2 aliphatic rings. The largest absolute Gasteiger partial charge is 0.394 e. The van der Waals surface area contributed by atoms with E-state index in [2.05, 4.69) is 29.0 Å². The molecule has 0 aliphatic carbocycles. The quantitative estimate of drug-likeness (QED) is 0.715. The van der Waals surface area contributed by atoms with Crippen LogP contribution >= 0.6 is 0 Å². The summed E-state index contributed by atoms with van der Waals surface area (Å²) in [4.78, 5) is 5.36. The van der Waals surface area contributed by atoms with Gasteiger partial charge in [0.15, 0.2) is 0 Å². The highest BCUT2D eigenvalue weighted by atomic mass is 16.3. The second-order valence-electron chi connectivity index (χ2n) is 7.24. The van der Waals surface area contributed by atoms with E-state index in [0.29, 0.717) is 0 Å². The van der Waals surface area contributed by atoms with E-state index in [9.17, 15) is 5.11 Å². The van der Waals surface area contributed by atoms with E-state index in [1.807, 2.05) is 0 Å². The molecule has 2 aliphatic heterocycles. The van der Waals surface area contributed by atoms with Gasteiger partial charge in [-0.25, -0.2) is 0 Å². The highest BCUT2D eigenvalue weighted by Gasteiger charge is 2.29. The SMILES string of the molecule is CCCNC(C)(CO)CCCN1CCCN2CCCC2C1. The first kappa shape index (κ1) is 17.2. The average Bonchev–Trinajstić information content (AvgIpc) is 2.83. The predicted molar refractivity (Wildman–Crippen MR) is 88.7 cm³/mol. The van der Waals surface area contributed by atoms with Crippen molar-refractivity contribution in [2.24, 2.45) is 0 Å². The lowest BCUT2D eigenvalue weighted by molar-refractivity contribution is 0.154. The lowest BCUT2D eigenvalue weighted by Crippen LogP contribution is -2.46. The molecule has 0 bridgehead atoms. The van der Waals surface area contributed by atoms with Crippen LogP contribution in [-0.2, 0) is 0 Å². The maximum atomic E-state index is 9.63. The van der Waals surface area contributed by atoms with Crippen LogP contribution in [-0.4, -0.2) is 72.4 Å². The summed E-state index contributed by atoms with van der Waals surface area (Å²) >= 11 is 0. The van der Waals surface area contributed by atoms with Gasteiger partial charge in [0.1, 0.15) is 0 Å². The molecule has 21 heavy (non-hydrogen) atoms. The van der Waals surface area contributed by atoms with Crippen LogP contribution in [0.3, 0.4) is 0 Å². The first-order valence-corrected chi connectivity index (χ1v) is 8.99. The number of rotatable bonds is 8. The monoisotopic (exact) mass is 297 g/mol. The first-order valence-electron chi connectivity index (χ1n) is 8.99. The normalized spacial score (nSPS) is 27.3. The molecule has 2 unspecified atom stereocenters. The van der Waals surface area contributed by atoms with E-state index >= 15 is 0 Å². The van der Waals surface area contributed by atoms with Crippen LogP contribution in [0.15, 0.2) is 0 Å². The second kappa shape index (κ2) is 8.47. The van der Waals surface area contributed by atoms with E-state index in [1.165, 1.54) is 58.4 Å². The molecular weight excluding hydrogens is 262 g/mol. The van der Waals surface area contributed by atoms with Crippen molar-refractivity contribution < 1.29 is 5.11 Å². The van der Waals surface area contributed by atoms with Gasteiger partial charge in [-0.05, 0) is 78.2 Å². The number of nitrogens with zero attached hydrogens (tertiary/aromatic N) is 2. The van der Waals surface area contributed by atoms with Gasteiger partial charge in [0.25, 0.3) is 0 Å². The fourth-order valence-electron chi connectivity index (χ4n) is 3.83. The van der Waals surface area contributed by atoms with Crippen LogP contribution in [0.4, 0.5) is 0 Å². The molecule has 0 aromatic rings. The number of fused-ring (bicyclic) bond motifs is 1. The van der Waals surface area contributed by atoms with Crippen LogP contribution in [0.2, 0.25) is 0 Å². The molecule has 2 N–H and O–H groups in total. The number of aliphatic hydroxyl groups is 1. The first-order chi connectivity index (χ1) is 10.2. The van der Waals surface area contributed by atoms with Gasteiger partial charge in [-0.1, -0.05) is 6.92 Å². The summed E-state index contributed by atoms with van der Waals surface area (Å²) in [7, 11) is 0. The van der Waals surface area contributed by atoms with Crippen molar-refractivity contribution >= 4 is 0 Å². The third kappa shape index (κ3) is 5.20. The Hall–Kier alpha value is -0.160. The fourth-order valence-corrected chi connectivity index (χ4v) is 3.83. The van der Waals surface area contributed by atoms with Gasteiger partial charge in [-0.2, -0.15) is 0 Å². The number of aliphatic hydroxyl groups excluding tert-OH is 1. The molecule has 0 radical (unpaired) electrons.